The number of aryl methyl sites for hydroxylation is 2. The van der Waals surface area contributed by atoms with Crippen LogP contribution in [0.2, 0.25) is 0 Å². The molecular weight excluding hydrogens is 338 g/mol. The third-order valence-corrected chi connectivity index (χ3v) is 5.44. The van der Waals surface area contributed by atoms with Gasteiger partial charge in [0.15, 0.2) is 0 Å². The van der Waals surface area contributed by atoms with Crippen molar-refractivity contribution in [3.05, 3.63) is 69.6 Å². The quantitative estimate of drug-likeness (QED) is 0.818. The van der Waals surface area contributed by atoms with Crippen molar-refractivity contribution in [3.8, 4) is 0 Å². The molecule has 0 radical (unpaired) electrons. The Balaban J connectivity index is 1.41. The first kappa shape index (κ1) is 19.4. The number of carbonyl (C=O) groups excluding carboxylic acids is 1. The van der Waals surface area contributed by atoms with E-state index in [2.05, 4.69) is 41.4 Å². The number of hydrogen-bond acceptors (Lipinski definition) is 3. The fraction of sp³-hybridized carbons (Fsp3) is 0.455. The summed E-state index contributed by atoms with van der Waals surface area (Å²) in [4.78, 5) is 26.5. The molecule has 0 spiro atoms. The van der Waals surface area contributed by atoms with Gasteiger partial charge in [0, 0.05) is 44.4 Å². The zero-order chi connectivity index (χ0) is 19.2. The fourth-order valence-electron chi connectivity index (χ4n) is 3.72. The Kier molecular flexibility index (Phi) is 6.45. The first-order valence-corrected chi connectivity index (χ1v) is 9.73. The summed E-state index contributed by atoms with van der Waals surface area (Å²) in [6.45, 7) is 8.27. The highest BCUT2D eigenvalue weighted by atomic mass is 16.1. The second-order valence-electron chi connectivity index (χ2n) is 7.53. The molecule has 1 unspecified atom stereocenters. The molecule has 1 aliphatic heterocycles. The lowest BCUT2D eigenvalue weighted by molar-refractivity contribution is -0.121. The molecule has 2 heterocycles. The molecule has 1 aromatic heterocycles. The number of likely N-dealkylation sites (tertiary alicyclic amines) is 1. The third-order valence-electron chi connectivity index (χ3n) is 5.44. The van der Waals surface area contributed by atoms with Crippen LogP contribution in [-0.4, -0.2) is 35.0 Å². The molecule has 1 saturated heterocycles. The van der Waals surface area contributed by atoms with Gasteiger partial charge in [-0.05, 0) is 49.9 Å². The second-order valence-corrected chi connectivity index (χ2v) is 7.53. The van der Waals surface area contributed by atoms with Crippen molar-refractivity contribution in [2.45, 2.75) is 39.8 Å². The van der Waals surface area contributed by atoms with Crippen LogP contribution in [0.4, 0.5) is 0 Å². The summed E-state index contributed by atoms with van der Waals surface area (Å²) in [5.74, 6) is 0.515. The Bertz CT molecular complexity index is 843. The van der Waals surface area contributed by atoms with Gasteiger partial charge in [0.05, 0.1) is 0 Å². The van der Waals surface area contributed by atoms with Crippen LogP contribution in [0, 0.1) is 19.8 Å². The maximum absolute atomic E-state index is 12.2. The molecule has 3 rings (SSSR count). The Labute approximate surface area is 161 Å². The summed E-state index contributed by atoms with van der Waals surface area (Å²) in [5, 5.41) is 3.05. The molecule has 1 aromatic carbocycles. The second kappa shape index (κ2) is 9.00. The molecule has 0 aliphatic carbocycles. The molecular formula is C22H29N3O2. The van der Waals surface area contributed by atoms with Crippen LogP contribution in [0.3, 0.4) is 0 Å². The monoisotopic (exact) mass is 367 g/mol. The maximum Gasteiger partial charge on any atom is 0.250 e. The molecule has 0 bridgehead atoms. The van der Waals surface area contributed by atoms with Crippen molar-refractivity contribution in [3.63, 3.8) is 0 Å². The van der Waals surface area contributed by atoms with Gasteiger partial charge < -0.3 is 9.88 Å². The van der Waals surface area contributed by atoms with Crippen LogP contribution in [-0.2, 0) is 17.9 Å². The molecule has 0 saturated carbocycles. The van der Waals surface area contributed by atoms with Gasteiger partial charge in [0.1, 0.15) is 0 Å². The Hall–Kier alpha value is -2.40. The zero-order valence-corrected chi connectivity index (χ0v) is 16.3. The molecule has 1 aliphatic rings. The highest BCUT2D eigenvalue weighted by Crippen LogP contribution is 2.19. The van der Waals surface area contributed by atoms with Gasteiger partial charge in [-0.2, -0.15) is 0 Å². The minimum atomic E-state index is -0.0505. The van der Waals surface area contributed by atoms with Crippen molar-refractivity contribution in [2.75, 3.05) is 19.6 Å². The summed E-state index contributed by atoms with van der Waals surface area (Å²) in [7, 11) is 0. The molecule has 1 amide bonds. The summed E-state index contributed by atoms with van der Waals surface area (Å²) in [5.41, 5.74) is 3.55. The minimum Gasteiger partial charge on any atom is -0.356 e. The van der Waals surface area contributed by atoms with Crippen LogP contribution >= 0.6 is 0 Å². The van der Waals surface area contributed by atoms with Crippen molar-refractivity contribution < 1.29 is 4.79 Å². The van der Waals surface area contributed by atoms with Gasteiger partial charge in [-0.1, -0.05) is 30.3 Å². The number of amides is 1. The van der Waals surface area contributed by atoms with E-state index in [1.807, 2.05) is 13.0 Å². The molecule has 2 aromatic rings. The minimum absolute atomic E-state index is 0.0162. The smallest absolute Gasteiger partial charge is 0.250 e. The highest BCUT2D eigenvalue weighted by Gasteiger charge is 2.23. The van der Waals surface area contributed by atoms with Crippen molar-refractivity contribution >= 4 is 5.91 Å². The van der Waals surface area contributed by atoms with E-state index < -0.39 is 0 Å². The SMILES string of the molecule is Cc1ccccc1CN1CCC(CNC(=O)CCn2c(C)cccc2=O)C1. The van der Waals surface area contributed by atoms with E-state index in [1.165, 1.54) is 17.2 Å². The molecule has 1 fully saturated rings. The average molecular weight is 367 g/mol. The van der Waals surface area contributed by atoms with E-state index in [-0.39, 0.29) is 11.5 Å². The Morgan fingerprint density at radius 3 is 2.74 bits per heavy atom. The van der Waals surface area contributed by atoms with E-state index in [4.69, 9.17) is 0 Å². The van der Waals surface area contributed by atoms with Crippen LogP contribution in [0.1, 0.15) is 29.7 Å². The van der Waals surface area contributed by atoms with Crippen LogP contribution in [0.25, 0.3) is 0 Å². The Morgan fingerprint density at radius 1 is 1.15 bits per heavy atom. The van der Waals surface area contributed by atoms with Gasteiger partial charge in [-0.15, -0.1) is 0 Å². The lowest BCUT2D eigenvalue weighted by atomic mass is 10.1. The number of hydrogen-bond donors (Lipinski definition) is 1. The van der Waals surface area contributed by atoms with Crippen molar-refractivity contribution in [1.29, 1.82) is 0 Å². The largest absolute Gasteiger partial charge is 0.356 e. The first-order valence-electron chi connectivity index (χ1n) is 9.73. The van der Waals surface area contributed by atoms with Gasteiger partial charge in [-0.3, -0.25) is 14.5 Å². The number of nitrogens with one attached hydrogen (secondary N) is 1. The number of pyridine rings is 1. The van der Waals surface area contributed by atoms with Gasteiger partial charge >= 0.3 is 0 Å². The maximum atomic E-state index is 12.2. The standard InChI is InChI=1S/C22H29N3O2/c1-17-6-3-4-8-20(17)16-24-12-10-19(15-24)14-23-21(26)11-13-25-18(2)7-5-9-22(25)27/h3-9,19H,10-16H2,1-2H3,(H,23,26). The summed E-state index contributed by atoms with van der Waals surface area (Å²) >= 11 is 0. The van der Waals surface area contributed by atoms with E-state index >= 15 is 0 Å². The number of rotatable bonds is 7. The number of nitrogens with zero attached hydrogens (tertiary/aromatic N) is 2. The Morgan fingerprint density at radius 2 is 1.96 bits per heavy atom. The van der Waals surface area contributed by atoms with Gasteiger partial charge in [0.25, 0.3) is 5.56 Å². The van der Waals surface area contributed by atoms with Crippen LogP contribution < -0.4 is 10.9 Å². The predicted octanol–water partition coefficient (Wildman–Crippen LogP) is 2.49. The number of benzene rings is 1. The molecule has 5 nitrogen and oxygen atoms in total. The van der Waals surface area contributed by atoms with Crippen LogP contribution in [0.15, 0.2) is 47.3 Å². The normalized spacial score (nSPS) is 17.2. The van der Waals surface area contributed by atoms with Crippen molar-refractivity contribution in [2.24, 2.45) is 5.92 Å². The van der Waals surface area contributed by atoms with E-state index in [9.17, 15) is 9.59 Å². The van der Waals surface area contributed by atoms with E-state index in [0.29, 0.717) is 25.4 Å². The first-order chi connectivity index (χ1) is 13.0. The van der Waals surface area contributed by atoms with Gasteiger partial charge in [-0.25, -0.2) is 0 Å². The molecule has 1 N–H and O–H groups in total. The van der Waals surface area contributed by atoms with Crippen LogP contribution in [0.5, 0.6) is 0 Å². The molecule has 5 heteroatoms. The average Bonchev–Trinajstić information content (AvgIpc) is 3.09. The van der Waals surface area contributed by atoms with E-state index in [1.54, 1.807) is 10.6 Å². The van der Waals surface area contributed by atoms with E-state index in [0.717, 1.165) is 31.7 Å². The lowest BCUT2D eigenvalue weighted by Gasteiger charge is -2.18. The molecule has 144 valence electrons. The fourth-order valence-corrected chi connectivity index (χ4v) is 3.72. The number of carbonyl (C=O) groups is 1. The lowest BCUT2D eigenvalue weighted by Crippen LogP contribution is -2.32. The zero-order valence-electron chi connectivity index (χ0n) is 16.3. The summed E-state index contributed by atoms with van der Waals surface area (Å²) < 4.78 is 1.65. The highest BCUT2D eigenvalue weighted by molar-refractivity contribution is 5.75. The number of aromatic nitrogens is 1. The van der Waals surface area contributed by atoms with Crippen molar-refractivity contribution in [1.82, 2.24) is 14.8 Å². The molecule has 1 atom stereocenters. The topological polar surface area (TPSA) is 54.3 Å². The summed E-state index contributed by atoms with van der Waals surface area (Å²) in [6, 6.07) is 13.7. The predicted molar refractivity (Wildman–Crippen MR) is 108 cm³/mol. The third kappa shape index (κ3) is 5.30. The summed E-state index contributed by atoms with van der Waals surface area (Å²) in [6.07, 6.45) is 1.45. The molecule has 27 heavy (non-hydrogen) atoms. The van der Waals surface area contributed by atoms with Gasteiger partial charge in [0.2, 0.25) is 5.91 Å².